The fourth-order valence-electron chi connectivity index (χ4n) is 3.09. The number of hydrogen-bond donors (Lipinski definition) is 1. The van der Waals surface area contributed by atoms with Crippen LogP contribution in [0, 0.1) is 5.41 Å². The van der Waals surface area contributed by atoms with E-state index in [1.54, 1.807) is 0 Å². The third-order valence-electron chi connectivity index (χ3n) is 4.21. The molecule has 3 nitrogen and oxygen atoms in total. The van der Waals surface area contributed by atoms with Crippen LogP contribution in [0.1, 0.15) is 46.0 Å². The van der Waals surface area contributed by atoms with Crippen LogP contribution >= 0.6 is 0 Å². The van der Waals surface area contributed by atoms with E-state index >= 15 is 0 Å². The molecule has 0 aromatic rings. The van der Waals surface area contributed by atoms with Crippen molar-refractivity contribution in [1.29, 1.82) is 0 Å². The molecular weight excluding hydrogens is 200 g/mol. The predicted octanol–water partition coefficient (Wildman–Crippen LogP) is 1.78. The summed E-state index contributed by atoms with van der Waals surface area (Å²) in [6.45, 7) is 7.25. The van der Waals surface area contributed by atoms with Gasteiger partial charge in [0.15, 0.2) is 0 Å². The van der Waals surface area contributed by atoms with E-state index in [0.717, 1.165) is 32.5 Å². The summed E-state index contributed by atoms with van der Waals surface area (Å²) in [5.41, 5.74) is -0.0704. The van der Waals surface area contributed by atoms with Crippen LogP contribution in [-0.2, 0) is 4.79 Å². The van der Waals surface area contributed by atoms with E-state index < -0.39 is 0 Å². The third-order valence-corrected chi connectivity index (χ3v) is 4.21. The first kappa shape index (κ1) is 11.9. The van der Waals surface area contributed by atoms with E-state index in [1.807, 2.05) is 0 Å². The molecule has 16 heavy (non-hydrogen) atoms. The van der Waals surface area contributed by atoms with Crippen LogP contribution in [0.2, 0.25) is 0 Å². The lowest BCUT2D eigenvalue weighted by atomic mass is 9.73. The molecular formula is C13H24N2O. The molecule has 1 aliphatic heterocycles. The Morgan fingerprint density at radius 1 is 1.25 bits per heavy atom. The van der Waals surface area contributed by atoms with Gasteiger partial charge >= 0.3 is 0 Å². The average Bonchev–Trinajstić information content (AvgIpc) is 2.42. The first-order valence-electron chi connectivity index (χ1n) is 6.66. The second kappa shape index (κ2) is 4.74. The highest BCUT2D eigenvalue weighted by Gasteiger charge is 2.42. The molecule has 92 valence electrons. The quantitative estimate of drug-likeness (QED) is 0.736. The van der Waals surface area contributed by atoms with Gasteiger partial charge in [-0.3, -0.25) is 9.69 Å². The van der Waals surface area contributed by atoms with E-state index in [2.05, 4.69) is 24.1 Å². The average molecular weight is 224 g/mol. The molecule has 0 bridgehead atoms. The zero-order valence-electron chi connectivity index (χ0n) is 10.6. The lowest BCUT2D eigenvalue weighted by Crippen LogP contribution is -2.46. The largest absolute Gasteiger partial charge is 0.354 e. The van der Waals surface area contributed by atoms with Gasteiger partial charge in [-0.2, -0.15) is 0 Å². The van der Waals surface area contributed by atoms with Gasteiger partial charge in [-0.1, -0.05) is 19.3 Å². The first-order chi connectivity index (χ1) is 7.64. The van der Waals surface area contributed by atoms with Gasteiger partial charge in [0.25, 0.3) is 0 Å². The minimum absolute atomic E-state index is 0.0704. The van der Waals surface area contributed by atoms with Crippen molar-refractivity contribution in [3.63, 3.8) is 0 Å². The molecule has 1 saturated carbocycles. The van der Waals surface area contributed by atoms with Gasteiger partial charge in [0.1, 0.15) is 0 Å². The van der Waals surface area contributed by atoms with Crippen LogP contribution in [0.4, 0.5) is 0 Å². The van der Waals surface area contributed by atoms with Crippen molar-refractivity contribution in [3.8, 4) is 0 Å². The lowest BCUT2D eigenvalue weighted by molar-refractivity contribution is -0.133. The van der Waals surface area contributed by atoms with Crippen molar-refractivity contribution < 1.29 is 4.79 Å². The van der Waals surface area contributed by atoms with Gasteiger partial charge in [-0.15, -0.1) is 0 Å². The summed E-state index contributed by atoms with van der Waals surface area (Å²) >= 11 is 0. The highest BCUT2D eigenvalue weighted by atomic mass is 16.2. The number of carbonyl (C=O) groups excluding carboxylic acids is 1. The standard InChI is InChI=1S/C13H24N2O/c1-11(2)15-9-8-14-12(16)13(10-15)6-4-3-5-7-13/h11H,3-10H2,1-2H3,(H,14,16). The summed E-state index contributed by atoms with van der Waals surface area (Å²) in [5, 5.41) is 3.11. The third kappa shape index (κ3) is 2.24. The first-order valence-corrected chi connectivity index (χ1v) is 6.66. The van der Waals surface area contributed by atoms with Crippen molar-refractivity contribution in [2.45, 2.75) is 52.0 Å². The molecule has 1 aliphatic carbocycles. The molecule has 1 heterocycles. The van der Waals surface area contributed by atoms with E-state index in [9.17, 15) is 4.79 Å². The van der Waals surface area contributed by atoms with Crippen molar-refractivity contribution in [2.24, 2.45) is 5.41 Å². The predicted molar refractivity (Wildman–Crippen MR) is 65.2 cm³/mol. The van der Waals surface area contributed by atoms with Crippen LogP contribution in [0.15, 0.2) is 0 Å². The Balaban J connectivity index is 2.15. The highest BCUT2D eigenvalue weighted by Crippen LogP contribution is 2.38. The van der Waals surface area contributed by atoms with Crippen LogP contribution in [0.25, 0.3) is 0 Å². The molecule has 0 aromatic carbocycles. The summed E-state index contributed by atoms with van der Waals surface area (Å²) in [5.74, 6) is 0.315. The summed E-state index contributed by atoms with van der Waals surface area (Å²) < 4.78 is 0. The van der Waals surface area contributed by atoms with Gasteiger partial charge < -0.3 is 5.32 Å². The minimum atomic E-state index is -0.0704. The SMILES string of the molecule is CC(C)N1CCNC(=O)C2(CCCCC2)C1. The molecule has 1 saturated heterocycles. The highest BCUT2D eigenvalue weighted by molar-refractivity contribution is 5.83. The zero-order chi connectivity index (χ0) is 11.6. The van der Waals surface area contributed by atoms with Crippen molar-refractivity contribution >= 4 is 5.91 Å². The Bertz CT molecular complexity index is 257. The molecule has 0 unspecified atom stereocenters. The Labute approximate surface area is 98.6 Å². The van der Waals surface area contributed by atoms with E-state index in [1.165, 1.54) is 19.3 Å². The number of carbonyl (C=O) groups is 1. The number of nitrogens with one attached hydrogen (secondary N) is 1. The molecule has 0 aromatic heterocycles. The fraction of sp³-hybridized carbons (Fsp3) is 0.923. The monoisotopic (exact) mass is 224 g/mol. The van der Waals surface area contributed by atoms with Crippen LogP contribution in [0.5, 0.6) is 0 Å². The Morgan fingerprint density at radius 3 is 2.56 bits per heavy atom. The summed E-state index contributed by atoms with van der Waals surface area (Å²) in [6.07, 6.45) is 5.92. The molecule has 1 spiro atoms. The molecule has 1 N–H and O–H groups in total. The molecule has 0 atom stereocenters. The fourth-order valence-corrected chi connectivity index (χ4v) is 3.09. The van der Waals surface area contributed by atoms with Gasteiger partial charge in [0.05, 0.1) is 5.41 Å². The summed E-state index contributed by atoms with van der Waals surface area (Å²) in [6, 6.07) is 0.548. The van der Waals surface area contributed by atoms with Gasteiger partial charge in [-0.25, -0.2) is 0 Å². The van der Waals surface area contributed by atoms with Gasteiger partial charge in [0.2, 0.25) is 5.91 Å². The van der Waals surface area contributed by atoms with Crippen LogP contribution in [-0.4, -0.2) is 36.5 Å². The number of rotatable bonds is 1. The topological polar surface area (TPSA) is 32.3 Å². The Kier molecular flexibility index (Phi) is 3.53. The van der Waals surface area contributed by atoms with E-state index in [0.29, 0.717) is 11.9 Å². The summed E-state index contributed by atoms with van der Waals surface area (Å²) in [7, 11) is 0. The molecule has 2 fully saturated rings. The van der Waals surface area contributed by atoms with Crippen molar-refractivity contribution in [3.05, 3.63) is 0 Å². The van der Waals surface area contributed by atoms with Crippen molar-refractivity contribution in [2.75, 3.05) is 19.6 Å². The number of nitrogens with zero attached hydrogens (tertiary/aromatic N) is 1. The van der Waals surface area contributed by atoms with E-state index in [4.69, 9.17) is 0 Å². The maximum Gasteiger partial charge on any atom is 0.227 e. The smallest absolute Gasteiger partial charge is 0.227 e. The van der Waals surface area contributed by atoms with E-state index in [-0.39, 0.29) is 5.41 Å². The van der Waals surface area contributed by atoms with Crippen LogP contribution < -0.4 is 5.32 Å². The molecule has 1 amide bonds. The maximum atomic E-state index is 12.2. The molecule has 2 aliphatic rings. The second-order valence-corrected chi connectivity index (χ2v) is 5.66. The van der Waals surface area contributed by atoms with Gasteiger partial charge in [0, 0.05) is 25.7 Å². The Hall–Kier alpha value is -0.570. The van der Waals surface area contributed by atoms with Crippen molar-refractivity contribution in [1.82, 2.24) is 10.2 Å². The Morgan fingerprint density at radius 2 is 1.94 bits per heavy atom. The number of hydrogen-bond acceptors (Lipinski definition) is 2. The normalized spacial score (nSPS) is 26.8. The maximum absolute atomic E-state index is 12.2. The van der Waals surface area contributed by atoms with Gasteiger partial charge in [-0.05, 0) is 26.7 Å². The lowest BCUT2D eigenvalue weighted by Gasteiger charge is -2.38. The molecule has 0 radical (unpaired) electrons. The number of amides is 1. The zero-order valence-corrected chi connectivity index (χ0v) is 10.6. The minimum Gasteiger partial charge on any atom is -0.354 e. The molecule has 2 rings (SSSR count). The summed E-state index contributed by atoms with van der Waals surface area (Å²) in [4.78, 5) is 14.7. The second-order valence-electron chi connectivity index (χ2n) is 5.66. The molecule has 3 heteroatoms. The van der Waals surface area contributed by atoms with Crippen LogP contribution in [0.3, 0.4) is 0 Å².